The van der Waals surface area contributed by atoms with Crippen LogP contribution in [0.2, 0.25) is 0 Å². The molecule has 0 saturated heterocycles. The molecule has 0 heterocycles. The smallest absolute Gasteiger partial charge is 0.202 e. The molecule has 5 heteroatoms. The Balaban J connectivity index is 3.30. The van der Waals surface area contributed by atoms with Gasteiger partial charge in [-0.15, -0.1) is 0 Å². The van der Waals surface area contributed by atoms with Gasteiger partial charge in [-0.25, -0.2) is 4.72 Å². The zero-order chi connectivity index (χ0) is 13.1. The molecule has 0 aromatic carbocycles. The van der Waals surface area contributed by atoms with Crippen LogP contribution >= 0.6 is 0 Å². The molecule has 4 nitrogen and oxygen atoms in total. The van der Waals surface area contributed by atoms with Gasteiger partial charge in [-0.1, -0.05) is 51.9 Å². The largest absolute Gasteiger partial charge is 0.278 e. The number of unbranched alkanes of at least 4 members (excludes halogenated alkanes) is 7. The summed E-state index contributed by atoms with van der Waals surface area (Å²) in [5.74, 6) is 0. The summed E-state index contributed by atoms with van der Waals surface area (Å²) >= 11 is 0. The predicted octanol–water partition coefficient (Wildman–Crippen LogP) is 2.52. The lowest BCUT2D eigenvalue weighted by atomic mass is 10.1. The van der Waals surface area contributed by atoms with Gasteiger partial charge in [0.2, 0.25) is 0 Å². The van der Waals surface area contributed by atoms with Crippen LogP contribution in [0.1, 0.15) is 58.3 Å². The summed E-state index contributed by atoms with van der Waals surface area (Å²) in [5.41, 5.74) is 0. The number of nitrogens with one attached hydrogen (secondary N) is 1. The molecule has 0 atom stereocenters. The van der Waals surface area contributed by atoms with Gasteiger partial charge in [-0.3, -0.25) is 0 Å². The Kier molecular flexibility index (Phi) is 9.78. The quantitative estimate of drug-likeness (QED) is 0.583. The molecule has 0 spiro atoms. The summed E-state index contributed by atoms with van der Waals surface area (Å²) in [4.78, 5) is 0. The van der Waals surface area contributed by atoms with Crippen LogP contribution < -0.4 is 4.72 Å². The monoisotopic (exact) mass is 264 g/mol. The van der Waals surface area contributed by atoms with Crippen LogP contribution in [-0.2, 0) is 10.2 Å². The molecule has 0 bridgehead atoms. The Morgan fingerprint density at radius 3 is 1.82 bits per heavy atom. The van der Waals surface area contributed by atoms with E-state index in [1.807, 2.05) is 0 Å². The van der Waals surface area contributed by atoms with Gasteiger partial charge in [0.05, 0.1) is 0 Å². The molecular weight excluding hydrogens is 236 g/mol. The maximum atomic E-state index is 11.4. The van der Waals surface area contributed by atoms with Crippen molar-refractivity contribution >= 4 is 10.2 Å². The second-order valence-electron chi connectivity index (χ2n) is 4.66. The van der Waals surface area contributed by atoms with Crippen molar-refractivity contribution in [2.75, 3.05) is 20.6 Å². The van der Waals surface area contributed by atoms with Gasteiger partial charge in [0, 0.05) is 20.6 Å². The highest BCUT2D eigenvalue weighted by atomic mass is 32.2. The molecule has 0 fully saturated rings. The Labute approximate surface area is 107 Å². The van der Waals surface area contributed by atoms with Crippen molar-refractivity contribution in [2.24, 2.45) is 0 Å². The molecule has 17 heavy (non-hydrogen) atoms. The minimum atomic E-state index is -3.22. The summed E-state index contributed by atoms with van der Waals surface area (Å²) in [5, 5.41) is 0. The molecule has 0 amide bonds. The fraction of sp³-hybridized carbons (Fsp3) is 1.00. The predicted molar refractivity (Wildman–Crippen MR) is 73.2 cm³/mol. The van der Waals surface area contributed by atoms with Crippen molar-refractivity contribution in [3.63, 3.8) is 0 Å². The third-order valence-corrected chi connectivity index (χ3v) is 4.33. The summed E-state index contributed by atoms with van der Waals surface area (Å²) < 4.78 is 26.5. The molecule has 0 saturated carbocycles. The third-order valence-electron chi connectivity index (χ3n) is 2.80. The fourth-order valence-electron chi connectivity index (χ4n) is 1.59. The highest BCUT2D eigenvalue weighted by Gasteiger charge is 2.10. The lowest BCUT2D eigenvalue weighted by molar-refractivity contribution is 0.500. The first kappa shape index (κ1) is 16.9. The molecule has 0 aliphatic carbocycles. The third kappa shape index (κ3) is 9.56. The minimum Gasteiger partial charge on any atom is -0.202 e. The molecule has 0 unspecified atom stereocenters. The second-order valence-corrected chi connectivity index (χ2v) is 6.63. The van der Waals surface area contributed by atoms with E-state index in [-0.39, 0.29) is 0 Å². The first-order chi connectivity index (χ1) is 8.00. The van der Waals surface area contributed by atoms with E-state index in [0.29, 0.717) is 6.54 Å². The lowest BCUT2D eigenvalue weighted by Gasteiger charge is -2.11. The standard InChI is InChI=1S/C12H28N2O2S/c1-4-5-6-7-8-9-10-11-12-13-17(15,16)14(2)3/h13H,4-12H2,1-3H3. The van der Waals surface area contributed by atoms with Gasteiger partial charge >= 0.3 is 0 Å². The van der Waals surface area contributed by atoms with Gasteiger partial charge in [0.25, 0.3) is 10.2 Å². The molecule has 0 aromatic heterocycles. The van der Waals surface area contributed by atoms with Gasteiger partial charge in [-0.05, 0) is 6.42 Å². The molecule has 1 N–H and O–H groups in total. The van der Waals surface area contributed by atoms with E-state index in [0.717, 1.165) is 12.8 Å². The average Bonchev–Trinajstić information content (AvgIpc) is 2.26. The fourth-order valence-corrected chi connectivity index (χ4v) is 2.25. The van der Waals surface area contributed by atoms with E-state index in [4.69, 9.17) is 0 Å². The van der Waals surface area contributed by atoms with E-state index in [9.17, 15) is 8.42 Å². The summed E-state index contributed by atoms with van der Waals surface area (Å²) in [7, 11) is -0.144. The van der Waals surface area contributed by atoms with Crippen LogP contribution in [-0.4, -0.2) is 33.4 Å². The molecule has 104 valence electrons. The molecule has 0 aliphatic rings. The van der Waals surface area contributed by atoms with E-state index in [2.05, 4.69) is 11.6 Å². The topological polar surface area (TPSA) is 49.4 Å². The van der Waals surface area contributed by atoms with Crippen LogP contribution in [0.15, 0.2) is 0 Å². The van der Waals surface area contributed by atoms with E-state index in [1.165, 1.54) is 56.9 Å². The molecule has 0 aliphatic heterocycles. The molecular formula is C12H28N2O2S. The van der Waals surface area contributed by atoms with Gasteiger partial charge < -0.3 is 0 Å². The number of rotatable bonds is 11. The first-order valence-electron chi connectivity index (χ1n) is 6.68. The maximum absolute atomic E-state index is 11.4. The normalized spacial score (nSPS) is 12.2. The van der Waals surface area contributed by atoms with Crippen LogP contribution in [0.5, 0.6) is 0 Å². The van der Waals surface area contributed by atoms with Crippen LogP contribution in [0.3, 0.4) is 0 Å². The number of nitrogens with zero attached hydrogens (tertiary/aromatic N) is 1. The van der Waals surface area contributed by atoms with Crippen LogP contribution in [0.25, 0.3) is 0 Å². The van der Waals surface area contributed by atoms with E-state index in [1.54, 1.807) is 0 Å². The Bertz CT molecular complexity index is 264. The van der Waals surface area contributed by atoms with Crippen molar-refractivity contribution in [3.8, 4) is 0 Å². The molecule has 0 rings (SSSR count). The van der Waals surface area contributed by atoms with Gasteiger partial charge in [0.15, 0.2) is 0 Å². The Morgan fingerprint density at radius 1 is 0.882 bits per heavy atom. The highest BCUT2D eigenvalue weighted by Crippen LogP contribution is 2.07. The van der Waals surface area contributed by atoms with Crippen LogP contribution in [0, 0.1) is 0 Å². The van der Waals surface area contributed by atoms with E-state index >= 15 is 0 Å². The van der Waals surface area contributed by atoms with Crippen molar-refractivity contribution in [1.29, 1.82) is 0 Å². The number of hydrogen-bond acceptors (Lipinski definition) is 2. The van der Waals surface area contributed by atoms with Gasteiger partial charge in [0.1, 0.15) is 0 Å². The molecule has 0 aromatic rings. The summed E-state index contributed by atoms with van der Waals surface area (Å²) in [6.07, 6.45) is 9.81. The van der Waals surface area contributed by atoms with Crippen molar-refractivity contribution < 1.29 is 8.42 Å². The minimum absolute atomic E-state index is 0.551. The maximum Gasteiger partial charge on any atom is 0.278 e. The SMILES string of the molecule is CCCCCCCCCCNS(=O)(=O)N(C)C. The van der Waals surface area contributed by atoms with E-state index < -0.39 is 10.2 Å². The number of hydrogen-bond donors (Lipinski definition) is 1. The zero-order valence-electron chi connectivity index (χ0n) is 11.5. The van der Waals surface area contributed by atoms with Crippen molar-refractivity contribution in [1.82, 2.24) is 9.03 Å². The average molecular weight is 264 g/mol. The summed E-state index contributed by atoms with van der Waals surface area (Å²) in [6.45, 7) is 2.77. The van der Waals surface area contributed by atoms with Gasteiger partial charge in [-0.2, -0.15) is 12.7 Å². The van der Waals surface area contributed by atoms with Crippen molar-refractivity contribution in [2.45, 2.75) is 58.3 Å². The zero-order valence-corrected chi connectivity index (χ0v) is 12.4. The first-order valence-corrected chi connectivity index (χ1v) is 8.12. The lowest BCUT2D eigenvalue weighted by Crippen LogP contribution is -2.36. The Morgan fingerprint density at radius 2 is 1.35 bits per heavy atom. The Hall–Kier alpha value is -0.130. The highest BCUT2D eigenvalue weighted by molar-refractivity contribution is 7.87. The second kappa shape index (κ2) is 9.85. The van der Waals surface area contributed by atoms with Crippen LogP contribution in [0.4, 0.5) is 0 Å². The van der Waals surface area contributed by atoms with Crippen molar-refractivity contribution in [3.05, 3.63) is 0 Å². The summed E-state index contributed by atoms with van der Waals surface area (Å²) in [6, 6.07) is 0. The molecule has 0 radical (unpaired) electrons.